The third kappa shape index (κ3) is 4.53. The maximum Gasteiger partial charge on any atom is 0.259 e. The summed E-state index contributed by atoms with van der Waals surface area (Å²) in [6.45, 7) is 1.01. The second kappa shape index (κ2) is 8.06. The van der Waals surface area contributed by atoms with Gasteiger partial charge in [-0.1, -0.05) is 12.1 Å². The summed E-state index contributed by atoms with van der Waals surface area (Å²) >= 11 is -0.694. The quantitative estimate of drug-likeness (QED) is 0.375. The molecule has 0 radical (unpaired) electrons. The number of amides is 1. The standard InChI is InChI=1S/C16H16N4O3S2/c21-16(11-5-7-12(8-6-11)20-25(22)23)18-10-9-17-15-13-3-1-2-4-14(13)24-19-15/h1-8,20H,9-10H2,(H,17,19)(H,18,21)(H,22,23). The molecule has 0 saturated carbocycles. The molecule has 130 valence electrons. The third-order valence-electron chi connectivity index (χ3n) is 3.43. The van der Waals surface area contributed by atoms with E-state index in [4.69, 9.17) is 4.55 Å². The van der Waals surface area contributed by atoms with Gasteiger partial charge in [0.2, 0.25) is 0 Å². The van der Waals surface area contributed by atoms with Crippen LogP contribution in [-0.2, 0) is 11.3 Å². The molecular formula is C16H16N4O3S2. The number of rotatable bonds is 7. The van der Waals surface area contributed by atoms with E-state index in [2.05, 4.69) is 19.7 Å². The molecule has 1 unspecified atom stereocenters. The second-order valence-corrected chi connectivity index (χ2v) is 6.65. The van der Waals surface area contributed by atoms with Crippen molar-refractivity contribution in [2.45, 2.75) is 0 Å². The van der Waals surface area contributed by atoms with Gasteiger partial charge in [0.15, 0.2) is 0 Å². The van der Waals surface area contributed by atoms with Crippen molar-refractivity contribution in [3.05, 3.63) is 54.1 Å². The van der Waals surface area contributed by atoms with E-state index in [1.165, 1.54) is 11.5 Å². The van der Waals surface area contributed by atoms with Crippen molar-refractivity contribution in [3.63, 3.8) is 0 Å². The SMILES string of the molecule is O=C(NCCNc1nsc2ccccc12)c1ccc(NS(=O)O)cc1. The molecular weight excluding hydrogens is 360 g/mol. The Labute approximate surface area is 151 Å². The second-order valence-electron chi connectivity index (χ2n) is 5.14. The highest BCUT2D eigenvalue weighted by atomic mass is 32.2. The van der Waals surface area contributed by atoms with Crippen LogP contribution in [-0.4, -0.2) is 32.1 Å². The highest BCUT2D eigenvalue weighted by Crippen LogP contribution is 2.25. The molecule has 1 aromatic heterocycles. The van der Waals surface area contributed by atoms with Crippen LogP contribution in [0.15, 0.2) is 48.5 Å². The smallest absolute Gasteiger partial charge is 0.259 e. The molecule has 4 N–H and O–H groups in total. The average molecular weight is 376 g/mol. The van der Waals surface area contributed by atoms with Gasteiger partial charge < -0.3 is 10.6 Å². The number of hydrogen-bond acceptors (Lipinski definition) is 5. The number of anilines is 2. The van der Waals surface area contributed by atoms with Gasteiger partial charge >= 0.3 is 0 Å². The normalized spacial score (nSPS) is 11.9. The molecule has 3 rings (SSSR count). The van der Waals surface area contributed by atoms with Crippen molar-refractivity contribution < 1.29 is 13.6 Å². The van der Waals surface area contributed by atoms with Gasteiger partial charge in [-0.25, -0.2) is 4.21 Å². The van der Waals surface area contributed by atoms with Gasteiger partial charge in [0, 0.05) is 29.7 Å². The molecule has 3 aromatic rings. The number of aromatic nitrogens is 1. The monoisotopic (exact) mass is 376 g/mol. The number of nitrogens with zero attached hydrogens (tertiary/aromatic N) is 1. The highest BCUT2D eigenvalue weighted by molar-refractivity contribution is 7.80. The summed E-state index contributed by atoms with van der Waals surface area (Å²) in [6.07, 6.45) is 0. The van der Waals surface area contributed by atoms with Crippen LogP contribution < -0.4 is 15.4 Å². The molecule has 0 aliphatic rings. The molecule has 1 atom stereocenters. The molecule has 0 saturated heterocycles. The Hall–Kier alpha value is -2.49. The molecule has 0 aliphatic carbocycles. The van der Waals surface area contributed by atoms with Gasteiger partial charge in [0.25, 0.3) is 17.2 Å². The Bertz CT molecular complexity index is 896. The molecule has 0 aliphatic heterocycles. The number of nitrogens with one attached hydrogen (secondary N) is 3. The zero-order chi connectivity index (χ0) is 17.6. The lowest BCUT2D eigenvalue weighted by Crippen LogP contribution is -2.28. The highest BCUT2D eigenvalue weighted by Gasteiger charge is 2.07. The third-order valence-corrected chi connectivity index (χ3v) is 4.67. The van der Waals surface area contributed by atoms with Crippen LogP contribution in [0.4, 0.5) is 11.5 Å². The van der Waals surface area contributed by atoms with Crippen LogP contribution in [0.2, 0.25) is 0 Å². The van der Waals surface area contributed by atoms with E-state index in [0.29, 0.717) is 24.3 Å². The van der Waals surface area contributed by atoms with E-state index in [-0.39, 0.29) is 5.91 Å². The fourth-order valence-electron chi connectivity index (χ4n) is 2.26. The average Bonchev–Trinajstić information content (AvgIpc) is 3.02. The topological polar surface area (TPSA) is 103 Å². The molecule has 1 heterocycles. The van der Waals surface area contributed by atoms with E-state index in [1.807, 2.05) is 24.3 Å². The molecule has 0 spiro atoms. The summed E-state index contributed by atoms with van der Waals surface area (Å²) < 4.78 is 27.2. The number of hydrogen-bond donors (Lipinski definition) is 4. The molecule has 0 fully saturated rings. The van der Waals surface area contributed by atoms with Crippen LogP contribution in [0.25, 0.3) is 10.1 Å². The van der Waals surface area contributed by atoms with E-state index >= 15 is 0 Å². The van der Waals surface area contributed by atoms with Gasteiger partial charge in [-0.3, -0.25) is 14.1 Å². The van der Waals surface area contributed by atoms with Gasteiger partial charge in [0.1, 0.15) is 5.82 Å². The minimum atomic E-state index is -2.13. The van der Waals surface area contributed by atoms with Gasteiger partial charge in [0.05, 0.1) is 4.70 Å². The maximum atomic E-state index is 12.1. The van der Waals surface area contributed by atoms with Crippen molar-refractivity contribution in [1.82, 2.24) is 9.69 Å². The summed E-state index contributed by atoms with van der Waals surface area (Å²) in [7, 11) is 0. The van der Waals surface area contributed by atoms with Crippen LogP contribution in [0.3, 0.4) is 0 Å². The predicted molar refractivity (Wildman–Crippen MR) is 101 cm³/mol. The van der Waals surface area contributed by atoms with Crippen LogP contribution in [0.1, 0.15) is 10.4 Å². The first-order chi connectivity index (χ1) is 12.1. The minimum Gasteiger partial charge on any atom is -0.367 e. The summed E-state index contributed by atoms with van der Waals surface area (Å²) in [6, 6.07) is 14.3. The lowest BCUT2D eigenvalue weighted by atomic mass is 10.2. The van der Waals surface area contributed by atoms with Gasteiger partial charge in [-0.2, -0.15) is 4.37 Å². The van der Waals surface area contributed by atoms with E-state index in [9.17, 15) is 9.00 Å². The fraction of sp³-hybridized carbons (Fsp3) is 0.125. The molecule has 0 bridgehead atoms. The molecule has 2 aromatic carbocycles. The van der Waals surface area contributed by atoms with Crippen molar-refractivity contribution in [2.75, 3.05) is 23.1 Å². The fourth-order valence-corrected chi connectivity index (χ4v) is 3.36. The number of carbonyl (C=O) groups is 1. The van der Waals surface area contributed by atoms with Crippen molar-refractivity contribution in [3.8, 4) is 0 Å². The lowest BCUT2D eigenvalue weighted by Gasteiger charge is -2.07. The summed E-state index contributed by atoms with van der Waals surface area (Å²) in [5.74, 6) is 0.615. The van der Waals surface area contributed by atoms with Crippen LogP contribution in [0.5, 0.6) is 0 Å². The Morgan fingerprint density at radius 2 is 1.88 bits per heavy atom. The van der Waals surface area contributed by atoms with Crippen molar-refractivity contribution >= 4 is 50.3 Å². The number of benzene rings is 2. The van der Waals surface area contributed by atoms with Gasteiger partial charge in [-0.15, -0.1) is 0 Å². The molecule has 1 amide bonds. The van der Waals surface area contributed by atoms with E-state index in [1.54, 1.807) is 24.3 Å². The predicted octanol–water partition coefficient (Wildman–Crippen LogP) is 2.69. The Kier molecular flexibility index (Phi) is 5.59. The Morgan fingerprint density at radius 1 is 1.12 bits per heavy atom. The first kappa shape index (κ1) is 17.3. The molecule has 25 heavy (non-hydrogen) atoms. The lowest BCUT2D eigenvalue weighted by molar-refractivity contribution is 0.0955. The Balaban J connectivity index is 1.48. The molecule has 7 nitrogen and oxygen atoms in total. The van der Waals surface area contributed by atoms with Crippen LogP contribution in [0, 0.1) is 0 Å². The first-order valence-corrected chi connectivity index (χ1v) is 9.35. The Morgan fingerprint density at radius 3 is 2.64 bits per heavy atom. The summed E-state index contributed by atoms with van der Waals surface area (Å²) in [5.41, 5.74) is 0.947. The van der Waals surface area contributed by atoms with Crippen molar-refractivity contribution in [1.29, 1.82) is 0 Å². The van der Waals surface area contributed by atoms with Gasteiger partial charge in [-0.05, 0) is 47.9 Å². The molecule has 9 heteroatoms. The maximum absolute atomic E-state index is 12.1. The minimum absolute atomic E-state index is 0.207. The first-order valence-electron chi connectivity index (χ1n) is 7.47. The summed E-state index contributed by atoms with van der Waals surface area (Å²) in [5, 5.41) is 7.10. The zero-order valence-corrected chi connectivity index (χ0v) is 14.7. The zero-order valence-electron chi connectivity index (χ0n) is 13.1. The van der Waals surface area contributed by atoms with E-state index in [0.717, 1.165) is 15.9 Å². The van der Waals surface area contributed by atoms with E-state index < -0.39 is 11.3 Å². The van der Waals surface area contributed by atoms with Crippen LogP contribution >= 0.6 is 11.5 Å². The largest absolute Gasteiger partial charge is 0.367 e. The summed E-state index contributed by atoms with van der Waals surface area (Å²) in [4.78, 5) is 12.1. The number of carbonyl (C=O) groups excluding carboxylic acids is 1. The van der Waals surface area contributed by atoms with Crippen molar-refractivity contribution in [2.24, 2.45) is 0 Å². The number of fused-ring (bicyclic) bond motifs is 1.